The highest BCUT2D eigenvalue weighted by molar-refractivity contribution is 7.17. The Morgan fingerprint density at radius 3 is 2.55 bits per heavy atom. The van der Waals surface area contributed by atoms with Crippen molar-refractivity contribution in [1.29, 1.82) is 0 Å². The van der Waals surface area contributed by atoms with Gasteiger partial charge in [0.2, 0.25) is 0 Å². The minimum absolute atomic E-state index is 0.298. The fourth-order valence-corrected chi connectivity index (χ4v) is 3.62. The number of nitrogens with one attached hydrogen (secondary N) is 1. The number of carbonyl (C=O) groups is 2. The monoisotopic (exact) mass is 431 g/mol. The van der Waals surface area contributed by atoms with Crippen LogP contribution in [0.3, 0.4) is 0 Å². The molecule has 0 aliphatic heterocycles. The Balaban J connectivity index is 1.80. The van der Waals surface area contributed by atoms with Crippen molar-refractivity contribution < 1.29 is 19.1 Å². The van der Waals surface area contributed by atoms with Gasteiger partial charge in [0.25, 0.3) is 11.8 Å². The van der Waals surface area contributed by atoms with E-state index in [0.717, 1.165) is 10.6 Å². The summed E-state index contributed by atoms with van der Waals surface area (Å²) in [5.41, 5.74) is 7.10. The van der Waals surface area contributed by atoms with Gasteiger partial charge < -0.3 is 20.5 Å². The molecule has 0 unspecified atom stereocenters. The molecule has 0 saturated carbocycles. The third-order valence-corrected chi connectivity index (χ3v) is 5.34. The van der Waals surface area contributed by atoms with E-state index in [4.69, 9.17) is 26.8 Å². The highest BCUT2D eigenvalue weighted by atomic mass is 35.5. The first kappa shape index (κ1) is 20.6. The fourth-order valence-electron chi connectivity index (χ4n) is 2.53. The number of halogens is 1. The summed E-state index contributed by atoms with van der Waals surface area (Å²) >= 11 is 7.21. The molecular weight excluding hydrogens is 414 g/mol. The zero-order valence-electron chi connectivity index (χ0n) is 15.7. The minimum atomic E-state index is -0.614. The van der Waals surface area contributed by atoms with Gasteiger partial charge in [0.1, 0.15) is 9.88 Å². The van der Waals surface area contributed by atoms with Gasteiger partial charge >= 0.3 is 0 Å². The second-order valence-electron chi connectivity index (χ2n) is 6.02. The van der Waals surface area contributed by atoms with E-state index in [9.17, 15) is 9.59 Å². The van der Waals surface area contributed by atoms with Crippen molar-refractivity contribution >= 4 is 40.4 Å². The summed E-state index contributed by atoms with van der Waals surface area (Å²) in [5, 5.41) is 4.17. The largest absolute Gasteiger partial charge is 0.493 e. The molecule has 0 saturated heterocycles. The van der Waals surface area contributed by atoms with Gasteiger partial charge in [-0.1, -0.05) is 23.7 Å². The van der Waals surface area contributed by atoms with E-state index < -0.39 is 5.91 Å². The maximum Gasteiger partial charge on any atom is 0.267 e. The van der Waals surface area contributed by atoms with Gasteiger partial charge in [-0.25, -0.2) is 4.98 Å². The molecule has 3 rings (SSSR count). The average Bonchev–Trinajstić information content (AvgIpc) is 3.09. The number of rotatable bonds is 7. The molecule has 3 aromatic rings. The first-order valence-corrected chi connectivity index (χ1v) is 9.70. The zero-order chi connectivity index (χ0) is 21.0. The first-order valence-electron chi connectivity index (χ1n) is 8.51. The lowest BCUT2D eigenvalue weighted by Gasteiger charge is -2.12. The normalized spacial score (nSPS) is 10.4. The fraction of sp³-hybridized carbons (Fsp3) is 0.150. The third kappa shape index (κ3) is 5.04. The summed E-state index contributed by atoms with van der Waals surface area (Å²) in [4.78, 5) is 28.7. The van der Waals surface area contributed by atoms with Crippen LogP contribution in [0.4, 0.5) is 5.69 Å². The summed E-state index contributed by atoms with van der Waals surface area (Å²) in [6.07, 6.45) is 0. The predicted octanol–water partition coefficient (Wildman–Crippen LogP) is 3.90. The number of amides is 2. The van der Waals surface area contributed by atoms with Crippen molar-refractivity contribution in [3.8, 4) is 22.1 Å². The lowest BCUT2D eigenvalue weighted by molar-refractivity contribution is -0.119. The highest BCUT2D eigenvalue weighted by Gasteiger charge is 2.17. The summed E-state index contributed by atoms with van der Waals surface area (Å²) in [6.45, 7) is 1.48. The number of anilines is 1. The van der Waals surface area contributed by atoms with E-state index in [1.807, 2.05) is 12.1 Å². The number of benzene rings is 2. The number of primary amides is 1. The molecule has 0 radical (unpaired) electrons. The van der Waals surface area contributed by atoms with Crippen LogP contribution in [-0.4, -0.2) is 30.5 Å². The van der Waals surface area contributed by atoms with E-state index in [0.29, 0.717) is 32.8 Å². The van der Waals surface area contributed by atoms with E-state index in [2.05, 4.69) is 10.3 Å². The number of nitrogens with zero attached hydrogens (tertiary/aromatic N) is 1. The summed E-state index contributed by atoms with van der Waals surface area (Å²) in [6, 6.07) is 12.1. The van der Waals surface area contributed by atoms with E-state index in [-0.39, 0.29) is 12.5 Å². The van der Waals surface area contributed by atoms with Gasteiger partial charge in [0.15, 0.2) is 18.1 Å². The van der Waals surface area contributed by atoms with Crippen molar-refractivity contribution in [3.63, 3.8) is 0 Å². The van der Waals surface area contributed by atoms with Gasteiger partial charge in [0, 0.05) is 22.3 Å². The number of hydrogen-bond donors (Lipinski definition) is 2. The van der Waals surface area contributed by atoms with Crippen molar-refractivity contribution in [3.05, 3.63) is 58.1 Å². The number of methoxy groups -OCH3 is 1. The van der Waals surface area contributed by atoms with Gasteiger partial charge in [-0.3, -0.25) is 9.59 Å². The number of nitrogens with two attached hydrogens (primary N) is 1. The van der Waals surface area contributed by atoms with E-state index in [1.54, 1.807) is 37.3 Å². The molecule has 0 spiro atoms. The summed E-state index contributed by atoms with van der Waals surface area (Å²) in [7, 11) is 1.48. The number of aryl methyl sites for hydroxylation is 1. The third-order valence-electron chi connectivity index (χ3n) is 3.89. The van der Waals surface area contributed by atoms with Gasteiger partial charge in [0.05, 0.1) is 12.8 Å². The molecule has 0 bridgehead atoms. The second kappa shape index (κ2) is 8.93. The van der Waals surface area contributed by atoms with Crippen molar-refractivity contribution in [2.24, 2.45) is 5.73 Å². The molecule has 0 fully saturated rings. The molecule has 1 heterocycles. The van der Waals surface area contributed by atoms with E-state index >= 15 is 0 Å². The molecule has 0 aliphatic carbocycles. The lowest BCUT2D eigenvalue weighted by atomic mass is 10.2. The summed E-state index contributed by atoms with van der Waals surface area (Å²) < 4.78 is 10.5. The molecular formula is C20H18ClN3O4S. The SMILES string of the molecule is COc1ccc(NC(=O)c2sc(-c3ccc(Cl)cc3)nc2C)cc1OCC(N)=O. The Morgan fingerprint density at radius 2 is 1.90 bits per heavy atom. The van der Waals surface area contributed by atoms with Crippen LogP contribution in [0.5, 0.6) is 11.5 Å². The Morgan fingerprint density at radius 1 is 1.17 bits per heavy atom. The molecule has 2 aromatic carbocycles. The molecule has 29 heavy (non-hydrogen) atoms. The average molecular weight is 432 g/mol. The Hall–Kier alpha value is -3.10. The Labute approximate surface area is 176 Å². The van der Waals surface area contributed by atoms with Crippen LogP contribution in [0, 0.1) is 6.92 Å². The summed E-state index contributed by atoms with van der Waals surface area (Å²) in [5.74, 6) is -0.196. The predicted molar refractivity (Wildman–Crippen MR) is 113 cm³/mol. The highest BCUT2D eigenvalue weighted by Crippen LogP contribution is 2.32. The molecule has 1 aromatic heterocycles. The van der Waals surface area contributed by atoms with E-state index in [1.165, 1.54) is 18.4 Å². The second-order valence-corrected chi connectivity index (χ2v) is 7.45. The molecule has 9 heteroatoms. The molecule has 3 N–H and O–H groups in total. The maximum absolute atomic E-state index is 12.8. The molecule has 0 aliphatic rings. The first-order chi connectivity index (χ1) is 13.9. The van der Waals surface area contributed by atoms with Crippen LogP contribution in [0.2, 0.25) is 5.02 Å². The quantitative estimate of drug-likeness (QED) is 0.590. The number of ether oxygens (including phenoxy) is 2. The van der Waals surface area contributed by atoms with Crippen molar-refractivity contribution in [1.82, 2.24) is 4.98 Å². The van der Waals surface area contributed by atoms with Crippen LogP contribution in [0.1, 0.15) is 15.4 Å². The maximum atomic E-state index is 12.8. The Bertz CT molecular complexity index is 1050. The molecule has 150 valence electrons. The van der Waals surface area contributed by atoms with Crippen LogP contribution in [-0.2, 0) is 4.79 Å². The standard InChI is InChI=1S/C20H18ClN3O4S/c1-11-18(29-20(23-11)12-3-5-13(21)6-4-12)19(26)24-14-7-8-15(27-2)16(9-14)28-10-17(22)25/h3-9H,10H2,1-2H3,(H2,22,25)(H,24,26). The molecule has 7 nitrogen and oxygen atoms in total. The van der Waals surface area contributed by atoms with Crippen LogP contribution in [0.15, 0.2) is 42.5 Å². The number of aromatic nitrogens is 1. The molecule has 0 atom stereocenters. The topological polar surface area (TPSA) is 104 Å². The number of hydrogen-bond acceptors (Lipinski definition) is 6. The molecule has 2 amide bonds. The van der Waals surface area contributed by atoms with Crippen LogP contribution in [0.25, 0.3) is 10.6 Å². The number of thiazole rings is 1. The lowest BCUT2D eigenvalue weighted by Crippen LogP contribution is -2.20. The van der Waals surface area contributed by atoms with Crippen molar-refractivity contribution in [2.75, 3.05) is 19.0 Å². The van der Waals surface area contributed by atoms with Crippen molar-refractivity contribution in [2.45, 2.75) is 6.92 Å². The van der Waals surface area contributed by atoms with Gasteiger partial charge in [-0.2, -0.15) is 0 Å². The van der Waals surface area contributed by atoms with Crippen LogP contribution < -0.4 is 20.5 Å². The zero-order valence-corrected chi connectivity index (χ0v) is 17.3. The number of carbonyl (C=O) groups excluding carboxylic acids is 2. The van der Waals surface area contributed by atoms with Crippen LogP contribution >= 0.6 is 22.9 Å². The van der Waals surface area contributed by atoms with Gasteiger partial charge in [-0.05, 0) is 31.2 Å². The van der Waals surface area contributed by atoms with Gasteiger partial charge in [-0.15, -0.1) is 11.3 Å². The smallest absolute Gasteiger partial charge is 0.267 e. The minimum Gasteiger partial charge on any atom is -0.493 e. The Kier molecular flexibility index (Phi) is 6.36.